The van der Waals surface area contributed by atoms with Gasteiger partial charge in [0, 0.05) is 21.8 Å². The zero-order valence-electron chi connectivity index (χ0n) is 16.5. The van der Waals surface area contributed by atoms with E-state index < -0.39 is 0 Å². The normalized spacial score (nSPS) is 11.0. The summed E-state index contributed by atoms with van der Waals surface area (Å²) in [4.78, 5) is 24.6. The number of benzene rings is 3. The van der Waals surface area contributed by atoms with Crippen molar-refractivity contribution in [2.75, 3.05) is 12.4 Å². The molecule has 0 aliphatic rings. The Morgan fingerprint density at radius 3 is 2.27 bits per heavy atom. The number of ether oxygens (including phenoxy) is 1. The van der Waals surface area contributed by atoms with Gasteiger partial charge in [0.1, 0.15) is 5.75 Å². The number of hydrogen-bond donors (Lipinski definition) is 2. The van der Waals surface area contributed by atoms with Crippen LogP contribution in [0.15, 0.2) is 77.9 Å². The second-order valence-corrected chi connectivity index (χ2v) is 6.85. The number of hydrogen-bond acceptors (Lipinski definition) is 4. The lowest BCUT2D eigenvalue weighted by atomic mass is 10.1. The molecule has 0 spiro atoms. The van der Waals surface area contributed by atoms with E-state index in [4.69, 9.17) is 16.3 Å². The Labute approximate surface area is 179 Å². The van der Waals surface area contributed by atoms with Gasteiger partial charge in [-0.3, -0.25) is 9.59 Å². The largest absolute Gasteiger partial charge is 0.497 e. The van der Waals surface area contributed by atoms with Crippen LogP contribution in [0, 0.1) is 0 Å². The monoisotopic (exact) mass is 421 g/mol. The van der Waals surface area contributed by atoms with Crippen LogP contribution in [-0.2, 0) is 0 Å². The van der Waals surface area contributed by atoms with Gasteiger partial charge in [-0.25, -0.2) is 5.43 Å². The lowest BCUT2D eigenvalue weighted by molar-refractivity contribution is 0.0954. The molecule has 2 N–H and O–H groups in total. The number of anilines is 1. The van der Waals surface area contributed by atoms with Crippen LogP contribution in [0.1, 0.15) is 33.2 Å². The lowest BCUT2D eigenvalue weighted by Crippen LogP contribution is -2.19. The zero-order valence-corrected chi connectivity index (χ0v) is 17.2. The standard InChI is InChI=1S/C23H20ClN3O3/c1-15(26-27-23(29)18-6-3-7-19(24)13-18)17-5-4-8-20(14-17)25-22(28)16-9-11-21(30-2)12-10-16/h3-14H,1-2H3,(H,25,28)(H,27,29). The van der Waals surface area contributed by atoms with Crippen LogP contribution < -0.4 is 15.5 Å². The third-order valence-electron chi connectivity index (χ3n) is 4.30. The van der Waals surface area contributed by atoms with E-state index in [2.05, 4.69) is 15.8 Å². The first-order valence-electron chi connectivity index (χ1n) is 9.12. The highest BCUT2D eigenvalue weighted by Crippen LogP contribution is 2.16. The van der Waals surface area contributed by atoms with Crippen molar-refractivity contribution in [1.82, 2.24) is 5.43 Å². The van der Waals surface area contributed by atoms with Crippen LogP contribution in [0.25, 0.3) is 0 Å². The average molecular weight is 422 g/mol. The summed E-state index contributed by atoms with van der Waals surface area (Å²) in [6.45, 7) is 1.77. The molecule has 152 valence electrons. The summed E-state index contributed by atoms with van der Waals surface area (Å²) < 4.78 is 5.10. The van der Waals surface area contributed by atoms with E-state index in [0.717, 1.165) is 5.56 Å². The van der Waals surface area contributed by atoms with Gasteiger partial charge in [0.15, 0.2) is 0 Å². The van der Waals surface area contributed by atoms with Crippen molar-refractivity contribution in [3.05, 3.63) is 94.5 Å². The van der Waals surface area contributed by atoms with E-state index in [1.54, 1.807) is 80.8 Å². The molecule has 3 aromatic rings. The van der Waals surface area contributed by atoms with Crippen LogP contribution in [-0.4, -0.2) is 24.6 Å². The quantitative estimate of drug-likeness (QED) is 0.445. The fraction of sp³-hybridized carbons (Fsp3) is 0.0870. The minimum atomic E-state index is -0.360. The number of hydrazone groups is 1. The second-order valence-electron chi connectivity index (χ2n) is 6.41. The first-order chi connectivity index (χ1) is 14.5. The SMILES string of the molecule is COc1ccc(C(=O)Nc2cccc(C(C)=NNC(=O)c3cccc(Cl)c3)c2)cc1. The Morgan fingerprint density at radius 1 is 0.867 bits per heavy atom. The molecule has 3 rings (SSSR count). The third kappa shape index (κ3) is 5.46. The molecule has 0 saturated heterocycles. The van der Waals surface area contributed by atoms with E-state index in [9.17, 15) is 9.59 Å². The molecule has 0 aliphatic carbocycles. The summed E-state index contributed by atoms with van der Waals surface area (Å²) >= 11 is 5.91. The molecule has 0 atom stereocenters. The number of carbonyl (C=O) groups is 2. The highest BCUT2D eigenvalue weighted by molar-refractivity contribution is 6.31. The summed E-state index contributed by atoms with van der Waals surface area (Å²) in [7, 11) is 1.57. The van der Waals surface area contributed by atoms with Crippen molar-refractivity contribution in [3.8, 4) is 5.75 Å². The zero-order chi connectivity index (χ0) is 21.5. The Balaban J connectivity index is 1.68. The van der Waals surface area contributed by atoms with Gasteiger partial charge in [0.05, 0.1) is 12.8 Å². The van der Waals surface area contributed by atoms with Gasteiger partial charge in [-0.1, -0.05) is 29.8 Å². The van der Waals surface area contributed by atoms with Crippen LogP contribution in [0.3, 0.4) is 0 Å². The van der Waals surface area contributed by atoms with Crippen molar-refractivity contribution in [2.45, 2.75) is 6.92 Å². The molecular formula is C23H20ClN3O3. The van der Waals surface area contributed by atoms with Crippen molar-refractivity contribution >= 4 is 34.8 Å². The predicted molar refractivity (Wildman–Crippen MR) is 119 cm³/mol. The Kier molecular flexibility index (Phi) is 6.83. The molecule has 0 unspecified atom stereocenters. The van der Waals surface area contributed by atoms with Crippen molar-refractivity contribution < 1.29 is 14.3 Å². The molecule has 0 aliphatic heterocycles. The van der Waals surface area contributed by atoms with Gasteiger partial charge in [-0.2, -0.15) is 5.10 Å². The number of nitrogens with zero attached hydrogens (tertiary/aromatic N) is 1. The second kappa shape index (κ2) is 9.71. The Hall–Kier alpha value is -3.64. The van der Waals surface area contributed by atoms with E-state index in [1.807, 2.05) is 6.07 Å². The van der Waals surface area contributed by atoms with Crippen molar-refractivity contribution in [2.24, 2.45) is 5.10 Å². The molecule has 0 heterocycles. The van der Waals surface area contributed by atoms with Crippen LogP contribution >= 0.6 is 11.6 Å². The van der Waals surface area contributed by atoms with Crippen LogP contribution in [0.5, 0.6) is 5.75 Å². The van der Waals surface area contributed by atoms with E-state index in [1.165, 1.54) is 0 Å². The molecular weight excluding hydrogens is 402 g/mol. The van der Waals surface area contributed by atoms with Crippen LogP contribution in [0.4, 0.5) is 5.69 Å². The smallest absolute Gasteiger partial charge is 0.271 e. The molecule has 7 heteroatoms. The summed E-state index contributed by atoms with van der Waals surface area (Å²) in [6.07, 6.45) is 0. The number of rotatable bonds is 6. The summed E-state index contributed by atoms with van der Waals surface area (Å²) in [5.74, 6) is 0.0830. The van der Waals surface area contributed by atoms with Gasteiger partial charge in [0.25, 0.3) is 11.8 Å². The molecule has 0 saturated carbocycles. The molecule has 30 heavy (non-hydrogen) atoms. The van der Waals surface area contributed by atoms with Crippen LogP contribution in [0.2, 0.25) is 5.02 Å². The highest BCUT2D eigenvalue weighted by atomic mass is 35.5. The molecule has 0 aromatic heterocycles. The lowest BCUT2D eigenvalue weighted by Gasteiger charge is -2.08. The average Bonchev–Trinajstić information content (AvgIpc) is 2.77. The number of halogens is 1. The van der Waals surface area contributed by atoms with Gasteiger partial charge in [0.2, 0.25) is 0 Å². The topological polar surface area (TPSA) is 79.8 Å². The number of amides is 2. The van der Waals surface area contributed by atoms with Gasteiger partial charge < -0.3 is 10.1 Å². The van der Waals surface area contributed by atoms with E-state index in [-0.39, 0.29) is 11.8 Å². The minimum absolute atomic E-state index is 0.237. The predicted octanol–water partition coefficient (Wildman–Crippen LogP) is 4.75. The highest BCUT2D eigenvalue weighted by Gasteiger charge is 2.08. The molecule has 3 aromatic carbocycles. The molecule has 0 radical (unpaired) electrons. The fourth-order valence-electron chi connectivity index (χ4n) is 2.66. The minimum Gasteiger partial charge on any atom is -0.497 e. The molecule has 6 nitrogen and oxygen atoms in total. The summed E-state index contributed by atoms with van der Waals surface area (Å²) in [6, 6.07) is 20.7. The van der Waals surface area contributed by atoms with Crippen molar-refractivity contribution in [3.63, 3.8) is 0 Å². The fourth-order valence-corrected chi connectivity index (χ4v) is 2.85. The Morgan fingerprint density at radius 2 is 1.57 bits per heavy atom. The number of methoxy groups -OCH3 is 1. The first kappa shape index (κ1) is 21.1. The molecule has 2 amide bonds. The Bertz CT molecular complexity index is 1090. The summed E-state index contributed by atoms with van der Waals surface area (Å²) in [5.41, 5.74) is 5.40. The number of nitrogens with one attached hydrogen (secondary N) is 2. The van der Waals surface area contributed by atoms with Crippen molar-refractivity contribution in [1.29, 1.82) is 0 Å². The molecule has 0 bridgehead atoms. The maximum Gasteiger partial charge on any atom is 0.271 e. The maximum atomic E-state index is 12.4. The van der Waals surface area contributed by atoms with E-state index >= 15 is 0 Å². The molecule has 0 fully saturated rings. The van der Waals surface area contributed by atoms with Gasteiger partial charge in [-0.05, 0) is 67.1 Å². The number of carbonyl (C=O) groups excluding carboxylic acids is 2. The maximum absolute atomic E-state index is 12.4. The summed E-state index contributed by atoms with van der Waals surface area (Å²) in [5, 5.41) is 7.47. The first-order valence-corrected chi connectivity index (χ1v) is 9.50. The van der Waals surface area contributed by atoms with Gasteiger partial charge in [-0.15, -0.1) is 0 Å². The van der Waals surface area contributed by atoms with Gasteiger partial charge >= 0.3 is 0 Å². The third-order valence-corrected chi connectivity index (χ3v) is 4.54. The van der Waals surface area contributed by atoms with E-state index in [0.29, 0.717) is 33.3 Å².